The number of hydrogen-bond donors (Lipinski definition) is 0. The third kappa shape index (κ3) is 3.47. The average molecular weight is 121 g/mol. The maximum atomic E-state index is 3.60. The van der Waals surface area contributed by atoms with E-state index in [0.29, 0.717) is 0 Å². The van der Waals surface area contributed by atoms with Crippen molar-refractivity contribution in [3.05, 3.63) is 36.6 Å². The number of nitrogens with zero attached hydrogens (tertiary/aromatic N) is 1. The number of rotatable bonds is 3. The lowest BCUT2D eigenvalue weighted by molar-refractivity contribution is 1.54. The molecule has 0 bridgehead atoms. The summed E-state index contributed by atoms with van der Waals surface area (Å²) in [5.74, 6) is 0. The number of hydrogen-bond acceptors (Lipinski definition) is 1. The average Bonchev–Trinajstić information content (AvgIpc) is 1.91. The highest BCUT2D eigenvalue weighted by Crippen LogP contribution is 1.96. The first-order valence-corrected chi connectivity index (χ1v) is 2.76. The molecule has 0 atom stereocenters. The molecule has 0 rings (SSSR count). The van der Waals surface area contributed by atoms with Gasteiger partial charge in [-0.15, -0.1) is 0 Å². The van der Waals surface area contributed by atoms with Crippen LogP contribution < -0.4 is 0 Å². The van der Waals surface area contributed by atoms with Gasteiger partial charge >= 0.3 is 0 Å². The van der Waals surface area contributed by atoms with E-state index in [2.05, 4.69) is 18.3 Å². The Bertz CT molecular complexity index is 152. The van der Waals surface area contributed by atoms with E-state index < -0.39 is 0 Å². The van der Waals surface area contributed by atoms with Gasteiger partial charge in [0.15, 0.2) is 0 Å². The molecule has 0 radical (unpaired) electrons. The summed E-state index contributed by atoms with van der Waals surface area (Å²) in [5.41, 5.74) is 1.06. The molecule has 0 aliphatic carbocycles. The topological polar surface area (TPSA) is 12.4 Å². The molecule has 1 nitrogen and oxygen atoms in total. The van der Waals surface area contributed by atoms with Crippen LogP contribution in [-0.4, -0.2) is 6.72 Å². The van der Waals surface area contributed by atoms with E-state index in [1.165, 1.54) is 0 Å². The molecule has 0 aromatic carbocycles. The van der Waals surface area contributed by atoms with Crippen LogP contribution in [-0.2, 0) is 0 Å². The molecule has 0 aromatic heterocycles. The quantitative estimate of drug-likeness (QED) is 0.401. The van der Waals surface area contributed by atoms with Crippen molar-refractivity contribution in [1.29, 1.82) is 0 Å². The monoisotopic (exact) mass is 121 g/mol. The van der Waals surface area contributed by atoms with Crippen molar-refractivity contribution < 1.29 is 0 Å². The van der Waals surface area contributed by atoms with Crippen LogP contribution >= 0.6 is 0 Å². The van der Waals surface area contributed by atoms with Gasteiger partial charge in [0.1, 0.15) is 0 Å². The lowest BCUT2D eigenvalue weighted by Crippen LogP contribution is -1.64. The van der Waals surface area contributed by atoms with Gasteiger partial charge in [0, 0.05) is 6.20 Å². The van der Waals surface area contributed by atoms with Crippen molar-refractivity contribution in [2.45, 2.75) is 6.92 Å². The summed E-state index contributed by atoms with van der Waals surface area (Å²) in [6, 6.07) is 0. The fourth-order valence-corrected chi connectivity index (χ4v) is 0.421. The molecular weight excluding hydrogens is 110 g/mol. The van der Waals surface area contributed by atoms with Gasteiger partial charge in [0.25, 0.3) is 0 Å². The molecule has 1 heteroatoms. The number of allylic oxidation sites excluding steroid dienone is 4. The van der Waals surface area contributed by atoms with Gasteiger partial charge in [-0.1, -0.05) is 18.7 Å². The first-order chi connectivity index (χ1) is 4.35. The van der Waals surface area contributed by atoms with Gasteiger partial charge in [0.2, 0.25) is 0 Å². The Morgan fingerprint density at radius 1 is 1.56 bits per heavy atom. The molecule has 9 heavy (non-hydrogen) atoms. The second kappa shape index (κ2) is 5.04. The zero-order valence-electron chi connectivity index (χ0n) is 5.67. The van der Waals surface area contributed by atoms with Crippen molar-refractivity contribution in [2.75, 3.05) is 0 Å². The van der Waals surface area contributed by atoms with Gasteiger partial charge < -0.3 is 0 Å². The lowest BCUT2D eigenvalue weighted by Gasteiger charge is -1.85. The third-order valence-electron chi connectivity index (χ3n) is 0.941. The van der Waals surface area contributed by atoms with Gasteiger partial charge in [-0.3, -0.25) is 4.99 Å². The van der Waals surface area contributed by atoms with E-state index in [0.717, 1.165) is 5.57 Å². The molecule has 0 aliphatic heterocycles. The van der Waals surface area contributed by atoms with Crippen LogP contribution in [0.5, 0.6) is 0 Å². The summed E-state index contributed by atoms with van der Waals surface area (Å²) in [6.07, 6.45) is 7.20. The fraction of sp³-hybridized carbons (Fsp3) is 0.125. The normalized spacial score (nSPS) is 11.9. The molecule has 0 saturated carbocycles. The maximum absolute atomic E-state index is 3.60. The van der Waals surface area contributed by atoms with E-state index >= 15 is 0 Å². The fourth-order valence-electron chi connectivity index (χ4n) is 0.421. The van der Waals surface area contributed by atoms with E-state index in [4.69, 9.17) is 0 Å². The van der Waals surface area contributed by atoms with Gasteiger partial charge in [-0.05, 0) is 25.3 Å². The van der Waals surface area contributed by atoms with Crippen LogP contribution in [0.25, 0.3) is 0 Å². The van der Waals surface area contributed by atoms with E-state index in [1.807, 2.05) is 19.1 Å². The first kappa shape index (κ1) is 7.89. The Hall–Kier alpha value is -1.11. The van der Waals surface area contributed by atoms with Gasteiger partial charge in [-0.25, -0.2) is 0 Å². The van der Waals surface area contributed by atoms with Crippen LogP contribution in [0.3, 0.4) is 0 Å². The Labute approximate surface area is 56.1 Å². The van der Waals surface area contributed by atoms with E-state index in [9.17, 15) is 0 Å². The first-order valence-electron chi connectivity index (χ1n) is 2.76. The SMILES string of the molecule is C=CC(/C=C\N=C)=C/C. The molecular formula is C8H11N. The second-order valence-electron chi connectivity index (χ2n) is 1.49. The molecule has 0 heterocycles. The Morgan fingerprint density at radius 2 is 2.22 bits per heavy atom. The zero-order chi connectivity index (χ0) is 7.11. The molecule has 0 spiro atoms. The molecule has 0 amide bonds. The van der Waals surface area contributed by atoms with Crippen LogP contribution in [0.15, 0.2) is 41.6 Å². The van der Waals surface area contributed by atoms with Crippen molar-refractivity contribution in [1.82, 2.24) is 0 Å². The minimum atomic E-state index is 1.06. The van der Waals surface area contributed by atoms with Crippen molar-refractivity contribution >= 4 is 6.72 Å². The summed E-state index contributed by atoms with van der Waals surface area (Å²) in [4.78, 5) is 3.55. The largest absolute Gasteiger partial charge is 0.272 e. The van der Waals surface area contributed by atoms with Crippen LogP contribution in [0.4, 0.5) is 0 Å². The predicted octanol–water partition coefficient (Wildman–Crippen LogP) is 2.33. The molecule has 0 unspecified atom stereocenters. The van der Waals surface area contributed by atoms with Crippen LogP contribution in [0, 0.1) is 0 Å². The smallest absolute Gasteiger partial charge is 0.0266 e. The standard InChI is InChI=1S/C8H11N/c1-4-8(5-2)6-7-9-3/h4-7H,1,3H2,2H3/b7-6-,8-5-. The molecule has 0 aliphatic rings. The summed E-state index contributed by atoms with van der Waals surface area (Å²) in [5, 5.41) is 0. The van der Waals surface area contributed by atoms with E-state index in [-0.39, 0.29) is 0 Å². The highest BCUT2D eigenvalue weighted by atomic mass is 14.6. The Kier molecular flexibility index (Phi) is 4.41. The highest BCUT2D eigenvalue weighted by molar-refractivity contribution is 5.31. The molecule has 0 saturated heterocycles. The molecule has 0 fully saturated rings. The predicted molar refractivity (Wildman–Crippen MR) is 42.6 cm³/mol. The van der Waals surface area contributed by atoms with E-state index in [1.54, 1.807) is 12.3 Å². The van der Waals surface area contributed by atoms with Crippen LogP contribution in [0.1, 0.15) is 6.92 Å². The third-order valence-corrected chi connectivity index (χ3v) is 0.941. The highest BCUT2D eigenvalue weighted by Gasteiger charge is 1.75. The summed E-state index contributed by atoms with van der Waals surface area (Å²) in [7, 11) is 0. The maximum Gasteiger partial charge on any atom is 0.0266 e. The summed E-state index contributed by atoms with van der Waals surface area (Å²) >= 11 is 0. The van der Waals surface area contributed by atoms with Crippen LogP contribution in [0.2, 0.25) is 0 Å². The second-order valence-corrected chi connectivity index (χ2v) is 1.49. The van der Waals surface area contributed by atoms with Crippen molar-refractivity contribution in [2.24, 2.45) is 4.99 Å². The van der Waals surface area contributed by atoms with Crippen molar-refractivity contribution in [3.63, 3.8) is 0 Å². The molecule has 48 valence electrons. The minimum absolute atomic E-state index is 1.06. The molecule has 0 aromatic rings. The lowest BCUT2D eigenvalue weighted by atomic mass is 10.2. The summed E-state index contributed by atoms with van der Waals surface area (Å²) in [6.45, 7) is 8.85. The number of aliphatic imine (C=N–C) groups is 1. The molecule has 0 N–H and O–H groups in total. The zero-order valence-corrected chi connectivity index (χ0v) is 5.67. The van der Waals surface area contributed by atoms with Crippen molar-refractivity contribution in [3.8, 4) is 0 Å². The van der Waals surface area contributed by atoms with Gasteiger partial charge in [-0.2, -0.15) is 0 Å². The minimum Gasteiger partial charge on any atom is -0.272 e. The summed E-state index contributed by atoms with van der Waals surface area (Å²) < 4.78 is 0. The Balaban J connectivity index is 3.99. The Morgan fingerprint density at radius 3 is 2.56 bits per heavy atom. The van der Waals surface area contributed by atoms with Gasteiger partial charge in [0.05, 0.1) is 0 Å².